The summed E-state index contributed by atoms with van der Waals surface area (Å²) in [5, 5.41) is 9.88. The van der Waals surface area contributed by atoms with E-state index in [2.05, 4.69) is 13.8 Å². The largest absolute Gasteiger partial charge is 0.481 e. The molecule has 2 amide bonds. The SMILES string of the molecule is CC1CN(C(=O)N2CCSCC2CC(=O)O)CC(C)S1. The minimum atomic E-state index is -0.828. The highest BCUT2D eigenvalue weighted by Gasteiger charge is 2.34. The van der Waals surface area contributed by atoms with Crippen molar-refractivity contribution in [3.63, 3.8) is 0 Å². The van der Waals surface area contributed by atoms with Gasteiger partial charge in [0.15, 0.2) is 0 Å². The maximum atomic E-state index is 12.7. The summed E-state index contributed by atoms with van der Waals surface area (Å²) in [6, 6.07) is -0.144. The summed E-state index contributed by atoms with van der Waals surface area (Å²) in [4.78, 5) is 27.3. The van der Waals surface area contributed by atoms with Crippen LogP contribution in [-0.2, 0) is 4.79 Å². The standard InChI is InChI=1S/C13H22N2O3S2/c1-9-6-14(7-10(2)20-9)13(18)15-3-4-19-8-11(15)5-12(16)17/h9-11H,3-8H2,1-2H3,(H,16,17). The monoisotopic (exact) mass is 318 g/mol. The highest BCUT2D eigenvalue weighted by atomic mass is 32.2. The minimum Gasteiger partial charge on any atom is -0.481 e. The predicted molar refractivity (Wildman–Crippen MR) is 83.6 cm³/mol. The first-order chi connectivity index (χ1) is 9.47. The van der Waals surface area contributed by atoms with Gasteiger partial charge in [0.25, 0.3) is 0 Å². The Morgan fingerprint density at radius 2 is 1.90 bits per heavy atom. The number of urea groups is 1. The van der Waals surface area contributed by atoms with E-state index in [4.69, 9.17) is 5.11 Å². The highest BCUT2D eigenvalue weighted by Crippen LogP contribution is 2.27. The number of nitrogens with zero attached hydrogens (tertiary/aromatic N) is 2. The van der Waals surface area contributed by atoms with Crippen LogP contribution in [0.2, 0.25) is 0 Å². The molecule has 3 atom stereocenters. The van der Waals surface area contributed by atoms with Crippen LogP contribution in [0.25, 0.3) is 0 Å². The van der Waals surface area contributed by atoms with Gasteiger partial charge >= 0.3 is 12.0 Å². The summed E-state index contributed by atoms with van der Waals surface area (Å²) >= 11 is 3.64. The van der Waals surface area contributed by atoms with Crippen LogP contribution in [0.5, 0.6) is 0 Å². The van der Waals surface area contributed by atoms with Gasteiger partial charge < -0.3 is 14.9 Å². The van der Waals surface area contributed by atoms with Gasteiger partial charge in [-0.25, -0.2) is 4.79 Å². The number of rotatable bonds is 2. The fourth-order valence-corrected chi connectivity index (χ4v) is 5.18. The number of carboxylic acid groups (broad SMARTS) is 1. The van der Waals surface area contributed by atoms with Gasteiger partial charge in [-0.05, 0) is 0 Å². The van der Waals surface area contributed by atoms with Crippen LogP contribution in [0.4, 0.5) is 4.79 Å². The van der Waals surface area contributed by atoms with E-state index < -0.39 is 5.97 Å². The van der Waals surface area contributed by atoms with Gasteiger partial charge in [0, 0.05) is 41.6 Å². The summed E-state index contributed by atoms with van der Waals surface area (Å²) in [7, 11) is 0. The van der Waals surface area contributed by atoms with E-state index >= 15 is 0 Å². The molecule has 2 aliphatic rings. The van der Waals surface area contributed by atoms with E-state index in [1.165, 1.54) is 0 Å². The van der Waals surface area contributed by atoms with Crippen LogP contribution < -0.4 is 0 Å². The second kappa shape index (κ2) is 6.93. The molecule has 1 N–H and O–H groups in total. The zero-order valence-corrected chi connectivity index (χ0v) is 13.6. The molecular weight excluding hydrogens is 296 g/mol. The Hall–Kier alpha value is -0.560. The normalized spacial score (nSPS) is 31.2. The molecule has 2 heterocycles. The summed E-state index contributed by atoms with van der Waals surface area (Å²) in [6.07, 6.45) is 0.0481. The van der Waals surface area contributed by atoms with Crippen LogP contribution in [-0.4, -0.2) is 74.6 Å². The van der Waals surface area contributed by atoms with Crippen molar-refractivity contribution >= 4 is 35.5 Å². The first-order valence-electron chi connectivity index (χ1n) is 6.98. The first-order valence-corrected chi connectivity index (χ1v) is 9.07. The zero-order valence-electron chi connectivity index (χ0n) is 11.9. The second-order valence-corrected chi connectivity index (χ2v) is 8.50. The van der Waals surface area contributed by atoms with Crippen LogP contribution in [0.3, 0.4) is 0 Å². The summed E-state index contributed by atoms with van der Waals surface area (Å²) in [6.45, 7) is 6.46. The number of carbonyl (C=O) groups excluding carboxylic acids is 1. The molecule has 0 aromatic heterocycles. The Morgan fingerprint density at radius 3 is 2.50 bits per heavy atom. The van der Waals surface area contributed by atoms with Crippen molar-refractivity contribution in [2.45, 2.75) is 36.8 Å². The van der Waals surface area contributed by atoms with Crippen molar-refractivity contribution in [3.05, 3.63) is 0 Å². The van der Waals surface area contributed by atoms with Crippen molar-refractivity contribution in [2.24, 2.45) is 0 Å². The molecule has 5 nitrogen and oxygen atoms in total. The maximum Gasteiger partial charge on any atom is 0.320 e. The Morgan fingerprint density at radius 1 is 1.25 bits per heavy atom. The fraction of sp³-hybridized carbons (Fsp3) is 0.846. The lowest BCUT2D eigenvalue weighted by Crippen LogP contribution is -2.55. The summed E-state index contributed by atoms with van der Waals surface area (Å²) in [5.74, 6) is 0.799. The van der Waals surface area contributed by atoms with Gasteiger partial charge in [0.1, 0.15) is 0 Å². The van der Waals surface area contributed by atoms with Crippen molar-refractivity contribution in [1.29, 1.82) is 0 Å². The average Bonchev–Trinajstić information content (AvgIpc) is 2.36. The van der Waals surface area contributed by atoms with E-state index in [9.17, 15) is 9.59 Å². The molecular formula is C13H22N2O3S2. The number of carbonyl (C=O) groups is 2. The number of amides is 2. The molecule has 0 aromatic carbocycles. The third kappa shape index (κ3) is 3.97. The molecule has 2 aliphatic heterocycles. The number of aliphatic carboxylic acids is 1. The van der Waals surface area contributed by atoms with E-state index in [0.717, 1.165) is 24.6 Å². The van der Waals surface area contributed by atoms with Gasteiger partial charge in [-0.3, -0.25) is 4.79 Å². The summed E-state index contributed by atoms with van der Waals surface area (Å²) < 4.78 is 0. The van der Waals surface area contributed by atoms with E-state index in [-0.39, 0.29) is 18.5 Å². The van der Waals surface area contributed by atoms with Crippen molar-refractivity contribution in [2.75, 3.05) is 31.1 Å². The third-order valence-electron chi connectivity index (χ3n) is 3.57. The van der Waals surface area contributed by atoms with E-state index in [1.807, 2.05) is 16.7 Å². The molecule has 2 rings (SSSR count). The third-order valence-corrected chi connectivity index (χ3v) is 5.89. The van der Waals surface area contributed by atoms with Crippen LogP contribution >= 0.6 is 23.5 Å². The maximum absolute atomic E-state index is 12.7. The average molecular weight is 318 g/mol. The van der Waals surface area contributed by atoms with Gasteiger partial charge in [-0.2, -0.15) is 23.5 Å². The molecule has 7 heteroatoms. The molecule has 3 unspecified atom stereocenters. The van der Waals surface area contributed by atoms with Gasteiger partial charge in [-0.15, -0.1) is 0 Å². The van der Waals surface area contributed by atoms with E-state index in [1.54, 1.807) is 16.7 Å². The van der Waals surface area contributed by atoms with E-state index in [0.29, 0.717) is 17.0 Å². The first kappa shape index (κ1) is 15.8. The Balaban J connectivity index is 2.03. The Bertz CT molecular complexity index is 371. The topological polar surface area (TPSA) is 60.9 Å². The lowest BCUT2D eigenvalue weighted by Gasteiger charge is -2.41. The Kier molecular flexibility index (Phi) is 5.49. The Labute approximate surface area is 128 Å². The molecule has 0 bridgehead atoms. The number of hydrogen-bond donors (Lipinski definition) is 1. The quantitative estimate of drug-likeness (QED) is 0.841. The van der Waals surface area contributed by atoms with Gasteiger partial charge in [0.2, 0.25) is 0 Å². The van der Waals surface area contributed by atoms with Crippen molar-refractivity contribution < 1.29 is 14.7 Å². The summed E-state index contributed by atoms with van der Waals surface area (Å²) in [5.41, 5.74) is 0. The number of hydrogen-bond acceptors (Lipinski definition) is 4. The molecule has 0 aromatic rings. The zero-order chi connectivity index (χ0) is 14.7. The van der Waals surface area contributed by atoms with Gasteiger partial charge in [-0.1, -0.05) is 13.8 Å². The van der Waals surface area contributed by atoms with Crippen molar-refractivity contribution in [3.8, 4) is 0 Å². The van der Waals surface area contributed by atoms with Gasteiger partial charge in [0.05, 0.1) is 12.5 Å². The van der Waals surface area contributed by atoms with Crippen LogP contribution in [0, 0.1) is 0 Å². The minimum absolute atomic E-state index is 0.0237. The van der Waals surface area contributed by atoms with Crippen LogP contribution in [0.1, 0.15) is 20.3 Å². The molecule has 20 heavy (non-hydrogen) atoms. The molecule has 2 fully saturated rings. The van der Waals surface area contributed by atoms with Crippen molar-refractivity contribution in [1.82, 2.24) is 9.80 Å². The fourth-order valence-electron chi connectivity index (χ4n) is 2.79. The number of carboxylic acids is 1. The molecule has 0 saturated carbocycles. The molecule has 0 radical (unpaired) electrons. The molecule has 114 valence electrons. The molecule has 2 saturated heterocycles. The lowest BCUT2D eigenvalue weighted by atomic mass is 10.2. The number of thioether (sulfide) groups is 2. The smallest absolute Gasteiger partial charge is 0.320 e. The lowest BCUT2D eigenvalue weighted by molar-refractivity contribution is -0.138. The van der Waals surface area contributed by atoms with Crippen LogP contribution in [0.15, 0.2) is 0 Å². The highest BCUT2D eigenvalue weighted by molar-refractivity contribution is 8.00. The predicted octanol–water partition coefficient (Wildman–Crippen LogP) is 1.82. The molecule has 0 aliphatic carbocycles. The molecule has 0 spiro atoms. The second-order valence-electron chi connectivity index (χ2n) is 5.46.